The lowest BCUT2D eigenvalue weighted by molar-refractivity contribution is 0.288. The lowest BCUT2D eigenvalue weighted by Gasteiger charge is -2.17. The van der Waals surface area contributed by atoms with Crippen LogP contribution >= 0.6 is 22.9 Å². The number of fused-ring (bicyclic) bond motifs is 1. The number of aromatic nitrogens is 1. The molecule has 0 spiro atoms. The van der Waals surface area contributed by atoms with Crippen LogP contribution in [0.3, 0.4) is 0 Å². The van der Waals surface area contributed by atoms with E-state index >= 15 is 0 Å². The van der Waals surface area contributed by atoms with Crippen molar-refractivity contribution >= 4 is 22.9 Å². The van der Waals surface area contributed by atoms with E-state index in [1.165, 1.54) is 16.9 Å². The van der Waals surface area contributed by atoms with Crippen LogP contribution in [0.1, 0.15) is 17.7 Å². The Bertz CT molecular complexity index is 545. The summed E-state index contributed by atoms with van der Waals surface area (Å²) in [5.41, 5.74) is 3.31. The van der Waals surface area contributed by atoms with Gasteiger partial charge in [0.05, 0.1) is 12.3 Å². The molecular formula is C13H12ClNOS. The van der Waals surface area contributed by atoms with Crippen LogP contribution in [0.4, 0.5) is 0 Å². The van der Waals surface area contributed by atoms with Gasteiger partial charge < -0.3 is 4.74 Å². The third-order valence-electron chi connectivity index (χ3n) is 2.90. The zero-order valence-corrected chi connectivity index (χ0v) is 11.1. The molecule has 3 rings (SSSR count). The quantitative estimate of drug-likeness (QED) is 0.775. The summed E-state index contributed by atoms with van der Waals surface area (Å²) in [6, 6.07) is 6.26. The summed E-state index contributed by atoms with van der Waals surface area (Å²) in [6.45, 7) is 2.76. The number of nitrogens with zero attached hydrogens (tertiary/aromatic N) is 1. The number of hydrogen-bond donors (Lipinski definition) is 0. The largest absolute Gasteiger partial charge is 0.493 e. The number of halogens is 1. The molecule has 88 valence electrons. The van der Waals surface area contributed by atoms with Gasteiger partial charge in [0, 0.05) is 5.56 Å². The van der Waals surface area contributed by atoms with Crippen LogP contribution in [0.2, 0.25) is 4.34 Å². The summed E-state index contributed by atoms with van der Waals surface area (Å²) in [7, 11) is 0. The van der Waals surface area contributed by atoms with Gasteiger partial charge >= 0.3 is 0 Å². The molecule has 2 heterocycles. The molecule has 0 amide bonds. The van der Waals surface area contributed by atoms with E-state index < -0.39 is 0 Å². The van der Waals surface area contributed by atoms with Gasteiger partial charge in [0.2, 0.25) is 0 Å². The highest BCUT2D eigenvalue weighted by Crippen LogP contribution is 2.34. The number of hydrogen-bond acceptors (Lipinski definition) is 3. The Morgan fingerprint density at radius 3 is 3.06 bits per heavy atom. The maximum atomic E-state index is 6.05. The summed E-state index contributed by atoms with van der Waals surface area (Å²) in [5.74, 6) is 1.01. The topological polar surface area (TPSA) is 22.1 Å². The molecule has 1 aromatic carbocycles. The Morgan fingerprint density at radius 1 is 1.41 bits per heavy atom. The summed E-state index contributed by atoms with van der Waals surface area (Å²) in [4.78, 5) is 4.48. The standard InChI is InChI=1S/C13H12ClNOS/c1-8-12(14)17-13(15-8)10-4-5-11-9(7-10)3-2-6-16-11/h4-5,7H,2-3,6H2,1H3. The van der Waals surface area contributed by atoms with Gasteiger partial charge in [-0.3, -0.25) is 0 Å². The van der Waals surface area contributed by atoms with Crippen molar-refractivity contribution in [1.29, 1.82) is 0 Å². The SMILES string of the molecule is Cc1nc(-c2ccc3c(c2)CCCO3)sc1Cl. The van der Waals surface area contributed by atoms with E-state index in [4.69, 9.17) is 16.3 Å². The molecule has 0 aliphatic carbocycles. The summed E-state index contributed by atoms with van der Waals surface area (Å²) < 4.78 is 6.37. The second-order valence-corrected chi connectivity index (χ2v) is 5.75. The fraction of sp³-hybridized carbons (Fsp3) is 0.308. The van der Waals surface area contributed by atoms with Crippen LogP contribution in [0.5, 0.6) is 5.75 Å². The van der Waals surface area contributed by atoms with Crippen LogP contribution < -0.4 is 4.74 Å². The zero-order chi connectivity index (χ0) is 11.8. The highest BCUT2D eigenvalue weighted by molar-refractivity contribution is 7.19. The van der Waals surface area contributed by atoms with E-state index in [9.17, 15) is 0 Å². The fourth-order valence-corrected chi connectivity index (χ4v) is 3.05. The molecule has 0 bridgehead atoms. The van der Waals surface area contributed by atoms with Crippen molar-refractivity contribution in [3.05, 3.63) is 33.8 Å². The molecule has 2 aromatic rings. The van der Waals surface area contributed by atoms with Crippen molar-refractivity contribution in [2.45, 2.75) is 19.8 Å². The Balaban J connectivity index is 2.03. The molecule has 1 aromatic heterocycles. The Kier molecular flexibility index (Phi) is 2.81. The van der Waals surface area contributed by atoms with Crippen LogP contribution in [0, 0.1) is 6.92 Å². The Hall–Kier alpha value is -1.06. The van der Waals surface area contributed by atoms with Crippen molar-refractivity contribution in [1.82, 2.24) is 4.98 Å². The van der Waals surface area contributed by atoms with E-state index in [1.54, 1.807) is 0 Å². The molecule has 2 nitrogen and oxygen atoms in total. The third-order valence-corrected chi connectivity index (χ3v) is 4.40. The zero-order valence-electron chi connectivity index (χ0n) is 9.50. The average Bonchev–Trinajstić information content (AvgIpc) is 2.69. The van der Waals surface area contributed by atoms with Gasteiger partial charge in [0.25, 0.3) is 0 Å². The normalized spacial score (nSPS) is 14.2. The number of thiazole rings is 1. The van der Waals surface area contributed by atoms with Gasteiger partial charge in [-0.05, 0) is 43.5 Å². The van der Waals surface area contributed by atoms with E-state index in [0.29, 0.717) is 0 Å². The van der Waals surface area contributed by atoms with E-state index in [0.717, 1.165) is 45.8 Å². The highest BCUT2D eigenvalue weighted by Gasteiger charge is 2.13. The average molecular weight is 266 g/mol. The maximum Gasteiger partial charge on any atom is 0.125 e. The second-order valence-electron chi connectivity index (χ2n) is 4.15. The minimum absolute atomic E-state index is 0.772. The molecule has 4 heteroatoms. The van der Waals surface area contributed by atoms with Gasteiger partial charge in [-0.1, -0.05) is 11.6 Å². The monoisotopic (exact) mass is 265 g/mol. The van der Waals surface area contributed by atoms with Crippen molar-refractivity contribution in [2.24, 2.45) is 0 Å². The van der Waals surface area contributed by atoms with Crippen molar-refractivity contribution < 1.29 is 4.74 Å². The molecule has 1 aliphatic heterocycles. The third kappa shape index (κ3) is 2.05. The first kappa shape index (κ1) is 11.1. The summed E-state index contributed by atoms with van der Waals surface area (Å²) >= 11 is 7.59. The number of aryl methyl sites for hydroxylation is 2. The predicted octanol–water partition coefficient (Wildman–Crippen LogP) is 4.10. The lowest BCUT2D eigenvalue weighted by Crippen LogP contribution is -2.07. The second kappa shape index (κ2) is 4.31. The van der Waals surface area contributed by atoms with E-state index in [2.05, 4.69) is 17.1 Å². The van der Waals surface area contributed by atoms with Gasteiger partial charge in [0.15, 0.2) is 0 Å². The van der Waals surface area contributed by atoms with Crippen LogP contribution in [0.15, 0.2) is 18.2 Å². The molecule has 0 fully saturated rings. The molecular weight excluding hydrogens is 254 g/mol. The minimum atomic E-state index is 0.772. The van der Waals surface area contributed by atoms with Gasteiger partial charge in [-0.2, -0.15) is 0 Å². The van der Waals surface area contributed by atoms with Crippen molar-refractivity contribution in [2.75, 3.05) is 6.61 Å². The minimum Gasteiger partial charge on any atom is -0.493 e. The maximum absolute atomic E-state index is 6.05. The Morgan fingerprint density at radius 2 is 2.29 bits per heavy atom. The molecule has 0 N–H and O–H groups in total. The van der Waals surface area contributed by atoms with Gasteiger partial charge in [-0.25, -0.2) is 4.98 Å². The molecule has 17 heavy (non-hydrogen) atoms. The smallest absolute Gasteiger partial charge is 0.125 e. The summed E-state index contributed by atoms with van der Waals surface area (Å²) in [6.07, 6.45) is 2.18. The summed E-state index contributed by atoms with van der Waals surface area (Å²) in [5, 5.41) is 0.987. The van der Waals surface area contributed by atoms with Crippen LogP contribution in [-0.4, -0.2) is 11.6 Å². The molecule has 0 atom stereocenters. The number of rotatable bonds is 1. The number of benzene rings is 1. The number of ether oxygens (including phenoxy) is 1. The van der Waals surface area contributed by atoms with Crippen molar-refractivity contribution in [3.63, 3.8) is 0 Å². The Labute approximate surface area is 109 Å². The molecule has 0 unspecified atom stereocenters. The first-order chi connectivity index (χ1) is 8.24. The predicted molar refractivity (Wildman–Crippen MR) is 71.1 cm³/mol. The first-order valence-corrected chi connectivity index (χ1v) is 6.82. The lowest BCUT2D eigenvalue weighted by atomic mass is 10.0. The molecule has 1 aliphatic rings. The first-order valence-electron chi connectivity index (χ1n) is 5.63. The van der Waals surface area contributed by atoms with Gasteiger partial charge in [0.1, 0.15) is 15.1 Å². The van der Waals surface area contributed by atoms with Crippen LogP contribution in [-0.2, 0) is 6.42 Å². The molecule has 0 radical (unpaired) electrons. The van der Waals surface area contributed by atoms with E-state index in [-0.39, 0.29) is 0 Å². The fourth-order valence-electron chi connectivity index (χ4n) is 1.99. The van der Waals surface area contributed by atoms with Crippen molar-refractivity contribution in [3.8, 4) is 16.3 Å². The van der Waals surface area contributed by atoms with Gasteiger partial charge in [-0.15, -0.1) is 11.3 Å². The molecule has 0 saturated heterocycles. The molecule has 0 saturated carbocycles. The van der Waals surface area contributed by atoms with E-state index in [1.807, 2.05) is 13.0 Å². The highest BCUT2D eigenvalue weighted by atomic mass is 35.5. The van der Waals surface area contributed by atoms with Crippen LogP contribution in [0.25, 0.3) is 10.6 Å².